The summed E-state index contributed by atoms with van der Waals surface area (Å²) in [6, 6.07) is 4.78. The smallest absolute Gasteiger partial charge is 0.239 e. The summed E-state index contributed by atoms with van der Waals surface area (Å²) in [4.78, 5) is 0. The van der Waals surface area contributed by atoms with Crippen molar-refractivity contribution >= 4 is 40.5 Å². The second-order valence-electron chi connectivity index (χ2n) is 5.83. The number of hydrogen-bond acceptors (Lipinski definition) is 6. The van der Waals surface area contributed by atoms with E-state index >= 15 is 0 Å². The average molecular weight is 419 g/mol. The second-order valence-corrected chi connectivity index (χ2v) is 7.00. The molecule has 3 rings (SSSR count). The zero-order valence-electron chi connectivity index (χ0n) is 13.9. The maximum Gasteiger partial charge on any atom is 0.239 e. The zero-order chi connectivity index (χ0) is 18.5. The first-order valence-electron chi connectivity index (χ1n) is 8.20. The molecule has 2 heterocycles. The van der Waals surface area contributed by atoms with Crippen LogP contribution in [0.5, 0.6) is 11.6 Å². The molecule has 0 spiro atoms. The average Bonchev–Trinajstić information content (AvgIpc) is 2.61. The van der Waals surface area contributed by atoms with Crippen molar-refractivity contribution in [1.82, 2.24) is 10.2 Å². The summed E-state index contributed by atoms with van der Waals surface area (Å²) < 4.78 is 16.9. The topological polar surface area (TPSA) is 79.5 Å². The number of halogens is 3. The lowest BCUT2D eigenvalue weighted by molar-refractivity contribution is -0.161. The van der Waals surface area contributed by atoms with Gasteiger partial charge in [0.2, 0.25) is 5.88 Å². The van der Waals surface area contributed by atoms with Crippen LogP contribution in [0.15, 0.2) is 18.2 Å². The van der Waals surface area contributed by atoms with Gasteiger partial charge >= 0.3 is 0 Å². The van der Waals surface area contributed by atoms with Gasteiger partial charge < -0.3 is 19.9 Å². The van der Waals surface area contributed by atoms with E-state index in [9.17, 15) is 0 Å². The number of benzene rings is 1. The van der Waals surface area contributed by atoms with Crippen molar-refractivity contribution in [3.63, 3.8) is 0 Å². The highest BCUT2D eigenvalue weighted by Gasteiger charge is 2.16. The second kappa shape index (κ2) is 9.06. The molecule has 2 N–H and O–H groups in total. The molecule has 1 aliphatic rings. The maximum atomic E-state index is 6.13. The zero-order valence-corrected chi connectivity index (χ0v) is 16.2. The van der Waals surface area contributed by atoms with Crippen LogP contribution in [0.4, 0.5) is 5.69 Å². The Hall–Kier alpha value is -1.31. The molecule has 0 bridgehead atoms. The molecule has 1 atom stereocenters. The summed E-state index contributed by atoms with van der Waals surface area (Å²) in [5.74, 6) is 0.490. The Kier molecular flexibility index (Phi) is 6.78. The van der Waals surface area contributed by atoms with Gasteiger partial charge in [-0.05, 0) is 43.4 Å². The molecule has 9 heteroatoms. The minimum atomic E-state index is -0.152. The molecule has 1 saturated heterocycles. The van der Waals surface area contributed by atoms with E-state index in [1.54, 1.807) is 18.2 Å². The van der Waals surface area contributed by atoms with Crippen molar-refractivity contribution in [2.75, 3.05) is 18.9 Å². The largest absolute Gasteiger partial charge is 0.434 e. The van der Waals surface area contributed by atoms with Gasteiger partial charge in [-0.2, -0.15) is 0 Å². The molecule has 1 aromatic heterocycles. The summed E-state index contributed by atoms with van der Waals surface area (Å²) in [5, 5.41) is 8.69. The quantitative estimate of drug-likeness (QED) is 0.672. The Labute approximate surface area is 166 Å². The van der Waals surface area contributed by atoms with Crippen molar-refractivity contribution in [3.05, 3.63) is 39.0 Å². The van der Waals surface area contributed by atoms with Crippen molar-refractivity contribution in [3.8, 4) is 11.6 Å². The molecule has 0 aliphatic carbocycles. The number of rotatable bonds is 6. The van der Waals surface area contributed by atoms with Crippen LogP contribution in [0, 0.1) is 0 Å². The van der Waals surface area contributed by atoms with Crippen LogP contribution in [0.25, 0.3) is 0 Å². The van der Waals surface area contributed by atoms with Crippen LogP contribution in [0.2, 0.25) is 15.2 Å². The van der Waals surface area contributed by atoms with Crippen molar-refractivity contribution in [1.29, 1.82) is 0 Å². The first kappa shape index (κ1) is 19.5. The number of ether oxygens (including phenoxy) is 3. The van der Waals surface area contributed by atoms with Crippen LogP contribution < -0.4 is 10.5 Å². The van der Waals surface area contributed by atoms with Crippen molar-refractivity contribution in [2.45, 2.75) is 32.0 Å². The maximum absolute atomic E-state index is 6.13. The summed E-state index contributed by atoms with van der Waals surface area (Å²) in [5.41, 5.74) is 6.88. The lowest BCUT2D eigenvalue weighted by Gasteiger charge is -2.22. The molecule has 0 amide bonds. The first-order valence-corrected chi connectivity index (χ1v) is 9.34. The van der Waals surface area contributed by atoms with Gasteiger partial charge in [0.05, 0.1) is 16.7 Å². The highest BCUT2D eigenvalue weighted by molar-refractivity contribution is 6.37. The third-order valence-electron chi connectivity index (χ3n) is 3.84. The molecule has 2 aromatic rings. The van der Waals surface area contributed by atoms with Gasteiger partial charge in [-0.15, -0.1) is 10.2 Å². The summed E-state index contributed by atoms with van der Waals surface area (Å²) in [7, 11) is 0. The fourth-order valence-electron chi connectivity index (χ4n) is 2.54. The van der Waals surface area contributed by atoms with Crippen LogP contribution in [0.3, 0.4) is 0 Å². The number of nitrogens with zero attached hydrogens (tertiary/aromatic N) is 2. The molecule has 1 fully saturated rings. The molecular formula is C17H18Cl3N3O3. The molecule has 1 aromatic carbocycles. The van der Waals surface area contributed by atoms with E-state index in [0.717, 1.165) is 31.4 Å². The summed E-state index contributed by atoms with van der Waals surface area (Å²) in [6.45, 7) is 1.20. The first-order chi connectivity index (χ1) is 12.5. The number of anilines is 1. The molecule has 1 aliphatic heterocycles. The van der Waals surface area contributed by atoms with Gasteiger partial charge in [0.15, 0.2) is 17.2 Å². The monoisotopic (exact) mass is 417 g/mol. The lowest BCUT2D eigenvalue weighted by atomic mass is 10.2. The molecule has 6 nitrogen and oxygen atoms in total. The minimum absolute atomic E-state index is 0.152. The van der Waals surface area contributed by atoms with Crippen LogP contribution in [0.1, 0.15) is 24.8 Å². The summed E-state index contributed by atoms with van der Waals surface area (Å²) >= 11 is 18.4. The predicted octanol–water partition coefficient (Wildman–Crippen LogP) is 4.90. The lowest BCUT2D eigenvalue weighted by Crippen LogP contribution is -2.23. The van der Waals surface area contributed by atoms with E-state index in [0.29, 0.717) is 23.9 Å². The van der Waals surface area contributed by atoms with Crippen LogP contribution >= 0.6 is 34.8 Å². The van der Waals surface area contributed by atoms with Gasteiger partial charge in [0.1, 0.15) is 0 Å². The Morgan fingerprint density at radius 1 is 1.12 bits per heavy atom. The molecule has 140 valence electrons. The van der Waals surface area contributed by atoms with Crippen molar-refractivity contribution < 1.29 is 14.2 Å². The normalized spacial score (nSPS) is 17.3. The van der Waals surface area contributed by atoms with Crippen LogP contribution in [-0.4, -0.2) is 29.7 Å². The highest BCUT2D eigenvalue weighted by Crippen LogP contribution is 2.37. The molecule has 0 saturated carbocycles. The van der Waals surface area contributed by atoms with E-state index in [2.05, 4.69) is 10.2 Å². The number of nitrogens with two attached hydrogens (primary N) is 1. The number of aromatic nitrogens is 2. The Morgan fingerprint density at radius 2 is 1.88 bits per heavy atom. The standard InChI is InChI=1S/C17H18Cl3N3O3/c18-12-8-11(21)9-13(19)16(12)26-14-7-10(17(20)23-22-14)4-6-25-15-3-1-2-5-24-15/h7-9,15H,1-6,21H2/t15-/m1/s1. The van der Waals surface area contributed by atoms with Crippen LogP contribution in [-0.2, 0) is 15.9 Å². The van der Waals surface area contributed by atoms with Gasteiger partial charge in [-0.25, -0.2) is 0 Å². The fourth-order valence-corrected chi connectivity index (χ4v) is 3.31. The Bertz CT molecular complexity index is 747. The van der Waals surface area contributed by atoms with Gasteiger partial charge in [0, 0.05) is 18.4 Å². The van der Waals surface area contributed by atoms with E-state index in [-0.39, 0.29) is 28.0 Å². The number of nitrogen functional groups attached to an aromatic ring is 1. The Balaban J connectivity index is 1.65. The molecule has 26 heavy (non-hydrogen) atoms. The molecule has 0 unspecified atom stereocenters. The van der Waals surface area contributed by atoms with E-state index < -0.39 is 0 Å². The highest BCUT2D eigenvalue weighted by atomic mass is 35.5. The van der Waals surface area contributed by atoms with E-state index in [1.807, 2.05) is 0 Å². The van der Waals surface area contributed by atoms with E-state index in [1.165, 1.54) is 0 Å². The Morgan fingerprint density at radius 3 is 2.58 bits per heavy atom. The summed E-state index contributed by atoms with van der Waals surface area (Å²) in [6.07, 6.45) is 3.50. The third kappa shape index (κ3) is 5.11. The van der Waals surface area contributed by atoms with Gasteiger partial charge in [0.25, 0.3) is 0 Å². The van der Waals surface area contributed by atoms with Gasteiger partial charge in [-0.1, -0.05) is 34.8 Å². The molecule has 0 radical (unpaired) electrons. The van der Waals surface area contributed by atoms with E-state index in [4.69, 9.17) is 54.7 Å². The fraction of sp³-hybridized carbons (Fsp3) is 0.412. The van der Waals surface area contributed by atoms with Gasteiger partial charge in [-0.3, -0.25) is 0 Å². The predicted molar refractivity (Wildman–Crippen MR) is 101 cm³/mol. The molecular weight excluding hydrogens is 401 g/mol. The number of hydrogen-bond donors (Lipinski definition) is 1. The minimum Gasteiger partial charge on any atom is -0.434 e. The SMILES string of the molecule is Nc1cc(Cl)c(Oc2cc(CCO[C@@H]3CCCCO3)c(Cl)nn2)c(Cl)c1. The van der Waals surface area contributed by atoms with Crippen molar-refractivity contribution in [2.24, 2.45) is 0 Å². The third-order valence-corrected chi connectivity index (χ3v) is 4.72.